The molecule has 0 spiro atoms. The number of hydrogen-bond donors (Lipinski definition) is 1. The Labute approximate surface area is 123 Å². The lowest BCUT2D eigenvalue weighted by molar-refractivity contribution is 0.457. The molecule has 1 nitrogen and oxygen atoms in total. The Morgan fingerprint density at radius 2 is 1.42 bits per heavy atom. The maximum Gasteiger partial charge on any atom is 0.0767 e. The van der Waals surface area contributed by atoms with Crippen LogP contribution in [0, 0.1) is 10.8 Å². The van der Waals surface area contributed by atoms with Crippen LogP contribution in [0.5, 0.6) is 0 Å². The molecule has 3 heteroatoms. The molecule has 0 radical (unpaired) electrons. The van der Waals surface area contributed by atoms with E-state index in [0.717, 1.165) is 0 Å². The van der Waals surface area contributed by atoms with Crippen LogP contribution in [0.2, 0.25) is 0 Å². The van der Waals surface area contributed by atoms with Crippen LogP contribution in [0.15, 0.2) is 35.0 Å². The summed E-state index contributed by atoms with van der Waals surface area (Å²) in [5.74, 6) is 0. The first-order chi connectivity index (χ1) is 8.94. The Kier molecular flexibility index (Phi) is 3.12. The molecule has 3 rings (SSSR count). The van der Waals surface area contributed by atoms with Crippen LogP contribution in [0.25, 0.3) is 0 Å². The van der Waals surface area contributed by atoms with Crippen LogP contribution in [0.1, 0.15) is 43.5 Å². The predicted molar refractivity (Wildman–Crippen MR) is 85.0 cm³/mol. The molecule has 0 aromatic carbocycles. The quantitative estimate of drug-likeness (QED) is 0.843. The molecule has 0 saturated heterocycles. The maximum atomic E-state index is 3.90. The second kappa shape index (κ2) is 4.44. The van der Waals surface area contributed by atoms with E-state index in [0.29, 0.717) is 22.9 Å². The largest absolute Gasteiger partial charge is 0.301 e. The molecule has 1 aliphatic rings. The van der Waals surface area contributed by atoms with E-state index in [2.05, 4.69) is 68.0 Å². The van der Waals surface area contributed by atoms with E-state index in [-0.39, 0.29) is 0 Å². The number of hydrogen-bond acceptors (Lipinski definition) is 3. The zero-order valence-electron chi connectivity index (χ0n) is 11.9. The van der Waals surface area contributed by atoms with Crippen molar-refractivity contribution in [1.82, 2.24) is 5.32 Å². The molecule has 0 unspecified atom stereocenters. The summed E-state index contributed by atoms with van der Waals surface area (Å²) in [6, 6.07) is 9.70. The first-order valence-corrected chi connectivity index (χ1v) is 8.53. The van der Waals surface area contributed by atoms with E-state index in [1.807, 2.05) is 22.7 Å². The van der Waals surface area contributed by atoms with E-state index in [9.17, 15) is 0 Å². The zero-order valence-corrected chi connectivity index (χ0v) is 13.6. The fourth-order valence-electron chi connectivity index (χ4n) is 3.00. The zero-order chi connectivity index (χ0) is 13.7. The molecule has 2 heterocycles. The van der Waals surface area contributed by atoms with Gasteiger partial charge in [-0.1, -0.05) is 39.8 Å². The van der Waals surface area contributed by atoms with Crippen molar-refractivity contribution in [3.63, 3.8) is 0 Å². The molecule has 1 N–H and O–H groups in total. The summed E-state index contributed by atoms with van der Waals surface area (Å²) in [5.41, 5.74) is 0.750. The minimum atomic E-state index is 0.353. The van der Waals surface area contributed by atoms with Gasteiger partial charge in [-0.25, -0.2) is 0 Å². The molecule has 1 saturated carbocycles. The predicted octanol–water partition coefficient (Wildman–Crippen LogP) is 4.92. The van der Waals surface area contributed by atoms with Crippen LogP contribution in [0.4, 0.5) is 0 Å². The van der Waals surface area contributed by atoms with Crippen molar-refractivity contribution in [3.8, 4) is 0 Å². The Balaban J connectivity index is 1.87. The highest BCUT2D eigenvalue weighted by Crippen LogP contribution is 2.63. The Bertz CT molecular complexity index is 489. The molecular weight excluding hydrogens is 270 g/mol. The third kappa shape index (κ3) is 2.08. The number of rotatable bonds is 4. The molecule has 0 atom stereocenters. The summed E-state index contributed by atoms with van der Waals surface area (Å²) >= 11 is 3.69. The fraction of sp³-hybridized carbons (Fsp3) is 0.500. The average Bonchev–Trinajstić information content (AvgIpc) is 2.91. The molecule has 0 amide bonds. The molecule has 19 heavy (non-hydrogen) atoms. The third-order valence-electron chi connectivity index (χ3n) is 5.01. The highest BCUT2D eigenvalue weighted by atomic mass is 32.1. The molecule has 102 valence electrons. The summed E-state index contributed by atoms with van der Waals surface area (Å²) in [6.45, 7) is 9.46. The monoisotopic (exact) mass is 291 g/mol. The van der Waals surface area contributed by atoms with Gasteiger partial charge in [0.25, 0.3) is 0 Å². The minimum absolute atomic E-state index is 0.353. The lowest BCUT2D eigenvalue weighted by Crippen LogP contribution is -2.27. The highest BCUT2D eigenvalue weighted by molar-refractivity contribution is 7.11. The first kappa shape index (κ1) is 13.3. The van der Waals surface area contributed by atoms with Gasteiger partial charge < -0.3 is 5.32 Å². The lowest BCUT2D eigenvalue weighted by Gasteiger charge is -2.18. The van der Waals surface area contributed by atoms with Crippen molar-refractivity contribution in [1.29, 1.82) is 0 Å². The van der Waals surface area contributed by atoms with Crippen molar-refractivity contribution in [3.05, 3.63) is 44.8 Å². The van der Waals surface area contributed by atoms with E-state index in [4.69, 9.17) is 0 Å². The topological polar surface area (TPSA) is 12.0 Å². The van der Waals surface area contributed by atoms with E-state index >= 15 is 0 Å². The number of thiophene rings is 2. The van der Waals surface area contributed by atoms with Crippen molar-refractivity contribution in [2.45, 2.75) is 39.8 Å². The maximum absolute atomic E-state index is 3.90. The van der Waals surface area contributed by atoms with Crippen LogP contribution in [-0.2, 0) is 0 Å². The minimum Gasteiger partial charge on any atom is -0.301 e. The van der Waals surface area contributed by atoms with Gasteiger partial charge in [0.2, 0.25) is 0 Å². The van der Waals surface area contributed by atoms with Gasteiger partial charge in [0.15, 0.2) is 0 Å². The van der Waals surface area contributed by atoms with E-state index < -0.39 is 0 Å². The molecule has 1 fully saturated rings. The second-order valence-corrected chi connectivity index (χ2v) is 8.47. The van der Waals surface area contributed by atoms with Gasteiger partial charge in [-0.2, -0.15) is 0 Å². The molecular formula is C16H21NS2. The summed E-state index contributed by atoms with van der Waals surface area (Å²) in [6.07, 6.45) is 0. The van der Waals surface area contributed by atoms with Gasteiger partial charge >= 0.3 is 0 Å². The first-order valence-electron chi connectivity index (χ1n) is 6.77. The van der Waals surface area contributed by atoms with Crippen molar-refractivity contribution < 1.29 is 0 Å². The van der Waals surface area contributed by atoms with E-state index in [1.54, 1.807) is 0 Å². The van der Waals surface area contributed by atoms with Crippen LogP contribution >= 0.6 is 22.7 Å². The summed E-state index contributed by atoms with van der Waals surface area (Å²) in [4.78, 5) is 2.84. The van der Waals surface area contributed by atoms with Gasteiger partial charge in [-0.15, -0.1) is 22.7 Å². The van der Waals surface area contributed by atoms with Gasteiger partial charge in [0, 0.05) is 15.8 Å². The van der Waals surface area contributed by atoms with Crippen LogP contribution in [0.3, 0.4) is 0 Å². The SMILES string of the molecule is CC1(C)C(NC(c2cccs2)c2cccs2)C1(C)C. The molecule has 2 aromatic rings. The smallest absolute Gasteiger partial charge is 0.0767 e. The summed E-state index contributed by atoms with van der Waals surface area (Å²) in [7, 11) is 0. The molecule has 2 aromatic heterocycles. The van der Waals surface area contributed by atoms with Gasteiger partial charge in [0.05, 0.1) is 6.04 Å². The fourth-order valence-corrected chi connectivity index (χ4v) is 4.67. The number of nitrogens with one attached hydrogen (secondary N) is 1. The van der Waals surface area contributed by atoms with Crippen LogP contribution in [-0.4, -0.2) is 6.04 Å². The Hall–Kier alpha value is -0.640. The Morgan fingerprint density at radius 3 is 1.74 bits per heavy atom. The van der Waals surface area contributed by atoms with Crippen LogP contribution < -0.4 is 5.32 Å². The van der Waals surface area contributed by atoms with Crippen molar-refractivity contribution >= 4 is 22.7 Å². The van der Waals surface area contributed by atoms with Gasteiger partial charge in [-0.3, -0.25) is 0 Å². The van der Waals surface area contributed by atoms with E-state index in [1.165, 1.54) is 9.75 Å². The van der Waals surface area contributed by atoms with Gasteiger partial charge in [0.1, 0.15) is 0 Å². The van der Waals surface area contributed by atoms with Crippen molar-refractivity contribution in [2.75, 3.05) is 0 Å². The van der Waals surface area contributed by atoms with Crippen molar-refractivity contribution in [2.24, 2.45) is 10.8 Å². The van der Waals surface area contributed by atoms with Gasteiger partial charge in [-0.05, 0) is 33.7 Å². The second-order valence-electron chi connectivity index (χ2n) is 6.51. The summed E-state index contributed by atoms with van der Waals surface area (Å²) < 4.78 is 0. The normalized spacial score (nSPS) is 20.9. The highest BCUT2D eigenvalue weighted by Gasteiger charge is 2.65. The average molecular weight is 291 g/mol. The molecule has 0 bridgehead atoms. The summed E-state index contributed by atoms with van der Waals surface area (Å²) in [5, 5.41) is 8.23. The Morgan fingerprint density at radius 1 is 0.947 bits per heavy atom. The third-order valence-corrected chi connectivity index (χ3v) is 6.88. The lowest BCUT2D eigenvalue weighted by atomic mass is 10.0. The molecule has 0 aliphatic heterocycles. The molecule has 1 aliphatic carbocycles. The standard InChI is InChI=1S/C16H21NS2/c1-15(2)14(16(15,3)4)17-13(11-7-5-9-18-11)12-8-6-10-19-12/h5-10,13-14,17H,1-4H3.